The number of hydrogen-bond donors (Lipinski definition) is 0. The lowest BCUT2D eigenvalue weighted by atomic mass is 10.1. The van der Waals surface area contributed by atoms with E-state index in [1.165, 1.54) is 12.1 Å². The van der Waals surface area contributed by atoms with Gasteiger partial charge >= 0.3 is 0 Å². The molecule has 0 aliphatic carbocycles. The molecule has 4 nitrogen and oxygen atoms in total. The van der Waals surface area contributed by atoms with Crippen molar-refractivity contribution in [1.29, 1.82) is 0 Å². The summed E-state index contributed by atoms with van der Waals surface area (Å²) in [7, 11) is 0. The summed E-state index contributed by atoms with van der Waals surface area (Å²) < 4.78 is 0. The number of nitrogens with zero attached hydrogens (tertiary/aromatic N) is 2. The molecule has 2 rings (SSSR count). The number of rotatable bonds is 2. The van der Waals surface area contributed by atoms with Gasteiger partial charge in [-0.25, -0.2) is 4.98 Å². The van der Waals surface area contributed by atoms with Gasteiger partial charge in [-0.2, -0.15) is 0 Å². The van der Waals surface area contributed by atoms with Crippen molar-refractivity contribution in [2.45, 2.75) is 0 Å². The van der Waals surface area contributed by atoms with Crippen molar-refractivity contribution >= 4 is 40.5 Å². The molecule has 7 heteroatoms. The van der Waals surface area contributed by atoms with Crippen LogP contribution in [0.2, 0.25) is 15.2 Å². The lowest BCUT2D eigenvalue weighted by molar-refractivity contribution is -0.385. The predicted molar refractivity (Wildman–Crippen MR) is 71.4 cm³/mol. The minimum atomic E-state index is -0.545. The third-order valence-electron chi connectivity index (χ3n) is 2.26. The summed E-state index contributed by atoms with van der Waals surface area (Å²) in [5.41, 5.74) is 0.787. The van der Waals surface area contributed by atoms with Crippen molar-refractivity contribution in [1.82, 2.24) is 4.98 Å². The second kappa shape index (κ2) is 5.10. The van der Waals surface area contributed by atoms with Gasteiger partial charge in [-0.1, -0.05) is 40.9 Å². The largest absolute Gasteiger partial charge is 0.288 e. The van der Waals surface area contributed by atoms with Crippen LogP contribution in [0.1, 0.15) is 0 Å². The summed E-state index contributed by atoms with van der Waals surface area (Å²) >= 11 is 17.7. The minimum absolute atomic E-state index is 0.143. The Kier molecular flexibility index (Phi) is 3.71. The highest BCUT2D eigenvalue weighted by atomic mass is 35.5. The lowest BCUT2D eigenvalue weighted by Gasteiger charge is -2.06. The number of nitro groups is 1. The van der Waals surface area contributed by atoms with Crippen LogP contribution in [0.4, 0.5) is 5.69 Å². The third kappa shape index (κ3) is 2.56. The van der Waals surface area contributed by atoms with Crippen molar-refractivity contribution in [3.8, 4) is 11.1 Å². The first kappa shape index (κ1) is 13.1. The second-order valence-electron chi connectivity index (χ2n) is 3.41. The van der Waals surface area contributed by atoms with E-state index < -0.39 is 4.92 Å². The average Bonchev–Trinajstić information content (AvgIpc) is 2.30. The van der Waals surface area contributed by atoms with Gasteiger partial charge in [0.05, 0.1) is 4.92 Å². The van der Waals surface area contributed by atoms with Gasteiger partial charge in [0, 0.05) is 27.2 Å². The molecule has 92 valence electrons. The molecule has 0 bridgehead atoms. The van der Waals surface area contributed by atoms with E-state index in [9.17, 15) is 10.1 Å². The second-order valence-corrected chi connectivity index (χ2v) is 4.61. The van der Waals surface area contributed by atoms with E-state index in [0.717, 1.165) is 6.20 Å². The van der Waals surface area contributed by atoms with E-state index in [2.05, 4.69) is 4.98 Å². The smallest absolute Gasteiger partial charge is 0.258 e. The molecule has 0 aliphatic rings. The quantitative estimate of drug-likeness (QED) is 0.462. The van der Waals surface area contributed by atoms with Gasteiger partial charge < -0.3 is 0 Å². The Morgan fingerprint density at radius 3 is 2.44 bits per heavy atom. The fourth-order valence-electron chi connectivity index (χ4n) is 1.43. The Morgan fingerprint density at radius 2 is 1.83 bits per heavy atom. The SMILES string of the molecule is O=[N+]([O-])c1cnc(Cl)c(-c2ccc(Cl)cc2Cl)c1. The van der Waals surface area contributed by atoms with Gasteiger partial charge in [0.15, 0.2) is 0 Å². The van der Waals surface area contributed by atoms with Gasteiger partial charge in [0.1, 0.15) is 11.3 Å². The molecule has 0 aliphatic heterocycles. The topological polar surface area (TPSA) is 56.0 Å². The van der Waals surface area contributed by atoms with Crippen molar-refractivity contribution in [2.75, 3.05) is 0 Å². The van der Waals surface area contributed by atoms with E-state index >= 15 is 0 Å². The molecule has 1 aromatic carbocycles. The Balaban J connectivity index is 2.62. The summed E-state index contributed by atoms with van der Waals surface area (Å²) in [6, 6.07) is 6.12. The fraction of sp³-hybridized carbons (Fsp3) is 0. The van der Waals surface area contributed by atoms with Crippen LogP contribution >= 0.6 is 34.8 Å². The van der Waals surface area contributed by atoms with Crippen LogP contribution in [0.25, 0.3) is 11.1 Å². The van der Waals surface area contributed by atoms with Crippen LogP contribution < -0.4 is 0 Å². The number of benzene rings is 1. The molecule has 0 N–H and O–H groups in total. The van der Waals surface area contributed by atoms with Crippen LogP contribution in [-0.2, 0) is 0 Å². The van der Waals surface area contributed by atoms with Gasteiger partial charge in [-0.3, -0.25) is 10.1 Å². The number of pyridine rings is 1. The van der Waals surface area contributed by atoms with Gasteiger partial charge in [-0.15, -0.1) is 0 Å². The zero-order chi connectivity index (χ0) is 13.3. The molecular weight excluding hydrogens is 298 g/mol. The van der Waals surface area contributed by atoms with Gasteiger partial charge in [-0.05, 0) is 12.1 Å². The van der Waals surface area contributed by atoms with E-state index in [1.54, 1.807) is 12.1 Å². The van der Waals surface area contributed by atoms with Crippen LogP contribution in [-0.4, -0.2) is 9.91 Å². The lowest BCUT2D eigenvalue weighted by Crippen LogP contribution is -1.92. The molecule has 0 saturated carbocycles. The van der Waals surface area contributed by atoms with E-state index in [-0.39, 0.29) is 10.8 Å². The molecule has 0 atom stereocenters. The van der Waals surface area contributed by atoms with Crippen molar-refractivity contribution in [3.05, 3.63) is 55.8 Å². The first-order chi connectivity index (χ1) is 8.49. The van der Waals surface area contributed by atoms with E-state index in [4.69, 9.17) is 34.8 Å². The molecular formula is C11H5Cl3N2O2. The number of hydrogen-bond acceptors (Lipinski definition) is 3. The monoisotopic (exact) mass is 302 g/mol. The molecule has 2 aromatic rings. The molecule has 0 spiro atoms. The highest BCUT2D eigenvalue weighted by Gasteiger charge is 2.14. The Hall–Kier alpha value is -1.36. The molecule has 0 amide bonds. The molecule has 0 radical (unpaired) electrons. The normalized spacial score (nSPS) is 10.4. The Morgan fingerprint density at radius 1 is 1.11 bits per heavy atom. The summed E-state index contributed by atoms with van der Waals surface area (Å²) in [5.74, 6) is 0. The van der Waals surface area contributed by atoms with Crippen molar-refractivity contribution in [3.63, 3.8) is 0 Å². The Labute approximate surface area is 117 Å². The number of aromatic nitrogens is 1. The molecule has 0 saturated heterocycles. The molecule has 18 heavy (non-hydrogen) atoms. The summed E-state index contributed by atoms with van der Waals surface area (Å²) in [6.45, 7) is 0. The van der Waals surface area contributed by atoms with E-state index in [0.29, 0.717) is 21.2 Å². The predicted octanol–water partition coefficient (Wildman–Crippen LogP) is 4.62. The minimum Gasteiger partial charge on any atom is -0.258 e. The highest BCUT2D eigenvalue weighted by Crippen LogP contribution is 2.35. The molecule has 0 unspecified atom stereocenters. The summed E-state index contributed by atoms with van der Waals surface area (Å²) in [6.07, 6.45) is 1.09. The maximum Gasteiger partial charge on any atom is 0.288 e. The zero-order valence-corrected chi connectivity index (χ0v) is 11.0. The molecule has 1 aromatic heterocycles. The third-order valence-corrected chi connectivity index (χ3v) is 3.11. The Bertz CT molecular complexity index is 632. The van der Waals surface area contributed by atoms with Gasteiger partial charge in [0.2, 0.25) is 0 Å². The van der Waals surface area contributed by atoms with Crippen LogP contribution in [0.3, 0.4) is 0 Å². The van der Waals surface area contributed by atoms with Crippen LogP contribution in [0, 0.1) is 10.1 Å². The maximum atomic E-state index is 10.7. The van der Waals surface area contributed by atoms with Crippen molar-refractivity contribution in [2.24, 2.45) is 0 Å². The molecule has 0 fully saturated rings. The van der Waals surface area contributed by atoms with Crippen molar-refractivity contribution < 1.29 is 4.92 Å². The first-order valence-electron chi connectivity index (χ1n) is 4.74. The maximum absolute atomic E-state index is 10.7. The summed E-state index contributed by atoms with van der Waals surface area (Å²) in [4.78, 5) is 13.9. The van der Waals surface area contributed by atoms with E-state index in [1.807, 2.05) is 0 Å². The fourth-order valence-corrected chi connectivity index (χ4v) is 2.15. The molecule has 1 heterocycles. The standard InChI is InChI=1S/C11H5Cl3N2O2/c12-6-1-2-8(10(13)3-6)9-4-7(16(17)18)5-15-11(9)14/h1-5H. The zero-order valence-electron chi connectivity index (χ0n) is 8.73. The average molecular weight is 304 g/mol. The highest BCUT2D eigenvalue weighted by molar-refractivity contribution is 6.37. The number of halogens is 3. The van der Waals surface area contributed by atoms with Gasteiger partial charge in [0.25, 0.3) is 5.69 Å². The summed E-state index contributed by atoms with van der Waals surface area (Å²) in [5, 5.41) is 11.7. The van der Waals surface area contributed by atoms with Crippen LogP contribution in [0.15, 0.2) is 30.5 Å². The first-order valence-corrected chi connectivity index (χ1v) is 5.88. The van der Waals surface area contributed by atoms with Crippen LogP contribution in [0.5, 0.6) is 0 Å².